The maximum absolute atomic E-state index is 14.0. The largest absolute Gasteiger partial charge is 0.496 e. The third-order valence-corrected chi connectivity index (χ3v) is 9.89. The Hall–Kier alpha value is -4.72. The number of carbonyl (C=O) groups is 5. The molecule has 3 unspecified atom stereocenters. The van der Waals surface area contributed by atoms with Crippen LogP contribution in [0.3, 0.4) is 0 Å². The smallest absolute Gasteiger partial charge is 0.345 e. The van der Waals surface area contributed by atoms with Crippen molar-refractivity contribution in [2.75, 3.05) is 20.3 Å². The molecule has 1 aliphatic rings. The molecule has 0 N–H and O–H groups in total. The molecule has 1 fully saturated rings. The lowest BCUT2D eigenvalue weighted by Crippen LogP contribution is -2.50. The molecular weight excluding hydrogens is 764 g/mol. The molecule has 1 aromatic rings. The van der Waals surface area contributed by atoms with E-state index in [0.717, 1.165) is 25.3 Å². The Kier molecular flexibility index (Phi) is 20.8. The molecular formula is C45H66O14. The maximum Gasteiger partial charge on any atom is 0.345 e. The van der Waals surface area contributed by atoms with Crippen LogP contribution in [0.1, 0.15) is 139 Å². The van der Waals surface area contributed by atoms with Crippen LogP contribution in [0.2, 0.25) is 0 Å². The second-order valence-electron chi connectivity index (χ2n) is 16.0. The van der Waals surface area contributed by atoms with E-state index in [-0.39, 0.29) is 48.6 Å². The summed E-state index contributed by atoms with van der Waals surface area (Å²) in [7, 11) is 1.33. The van der Waals surface area contributed by atoms with Crippen molar-refractivity contribution in [2.24, 2.45) is 11.8 Å². The lowest BCUT2D eigenvalue weighted by atomic mass is 9.82. The van der Waals surface area contributed by atoms with E-state index >= 15 is 0 Å². The summed E-state index contributed by atoms with van der Waals surface area (Å²) >= 11 is 0. The number of hydrogen-bond donors (Lipinski definition) is 0. The summed E-state index contributed by atoms with van der Waals surface area (Å²) in [4.78, 5) is 74.3. The Bertz CT molecular complexity index is 1730. The number of hydrogen-bond acceptors (Lipinski definition) is 14. The van der Waals surface area contributed by atoms with Crippen molar-refractivity contribution < 1.29 is 61.5 Å². The van der Waals surface area contributed by atoms with E-state index < -0.39 is 65.4 Å². The molecule has 330 valence electrons. The van der Waals surface area contributed by atoms with Crippen molar-refractivity contribution in [3.63, 3.8) is 0 Å². The molecule has 0 aromatic carbocycles. The first-order chi connectivity index (χ1) is 27.7. The molecule has 0 bridgehead atoms. The lowest BCUT2D eigenvalue weighted by Gasteiger charge is -2.40. The van der Waals surface area contributed by atoms with Gasteiger partial charge >= 0.3 is 35.5 Å². The molecule has 1 aromatic heterocycles. The Labute approximate surface area is 349 Å². The standard InChI is InChI=1S/C45H66O14/c1-13-14-15-16-17-27(2)20-29(4)22-35(25-53-30(5)46)21-28(3)18-19-39(56-33(8)49)45(10,11)40-24-37(52-12)41(44(51)59-40)43-42(57-34(9)50)38(55-32(7)48)23-36(58-43)26-54-31(6)47/h18-19,21-22,24,27,35-36,38-39,42-43H,13-17,20,23,25-26H2,1-12H3/b19-18+,28-21+,29-22-/t27?,35?,36-,38-,39?,42+,43-/m1/s1. The highest BCUT2D eigenvalue weighted by atomic mass is 16.6. The molecule has 59 heavy (non-hydrogen) atoms. The first-order valence-corrected chi connectivity index (χ1v) is 20.4. The first kappa shape index (κ1) is 50.4. The van der Waals surface area contributed by atoms with Crippen molar-refractivity contribution in [1.29, 1.82) is 0 Å². The Balaban J connectivity index is 2.56. The normalized spacial score (nSPS) is 20.3. The van der Waals surface area contributed by atoms with E-state index in [1.54, 1.807) is 26.0 Å². The third-order valence-electron chi connectivity index (χ3n) is 9.89. The number of methoxy groups -OCH3 is 1. The lowest BCUT2D eigenvalue weighted by molar-refractivity contribution is -0.215. The van der Waals surface area contributed by atoms with E-state index in [4.69, 9.17) is 37.6 Å². The molecule has 14 heteroatoms. The topological polar surface area (TPSA) is 180 Å². The molecule has 2 heterocycles. The quantitative estimate of drug-likeness (QED) is 0.0364. The van der Waals surface area contributed by atoms with Crippen LogP contribution >= 0.6 is 0 Å². The van der Waals surface area contributed by atoms with E-state index in [1.807, 2.05) is 13.0 Å². The Morgan fingerprint density at radius 2 is 1.54 bits per heavy atom. The Morgan fingerprint density at radius 1 is 0.881 bits per heavy atom. The number of carbonyl (C=O) groups excluding carboxylic acids is 5. The number of ether oxygens (including phenoxy) is 7. The van der Waals surface area contributed by atoms with E-state index in [9.17, 15) is 28.8 Å². The average Bonchev–Trinajstić information content (AvgIpc) is 3.13. The zero-order valence-electron chi connectivity index (χ0n) is 37.0. The molecule has 1 saturated heterocycles. The summed E-state index contributed by atoms with van der Waals surface area (Å²) < 4.78 is 45.2. The van der Waals surface area contributed by atoms with E-state index in [1.165, 1.54) is 72.1 Å². The van der Waals surface area contributed by atoms with Crippen LogP contribution in [0.15, 0.2) is 50.7 Å². The van der Waals surface area contributed by atoms with Gasteiger partial charge in [0.2, 0.25) is 0 Å². The number of unbranched alkanes of at least 4 members (excludes halogenated alkanes) is 3. The van der Waals surface area contributed by atoms with Gasteiger partial charge < -0.3 is 37.6 Å². The van der Waals surface area contributed by atoms with Gasteiger partial charge in [-0.05, 0) is 46.1 Å². The monoisotopic (exact) mass is 830 g/mol. The predicted molar refractivity (Wildman–Crippen MR) is 219 cm³/mol. The van der Waals surface area contributed by atoms with Gasteiger partial charge in [0.05, 0.1) is 18.6 Å². The fourth-order valence-corrected chi connectivity index (χ4v) is 7.10. The molecule has 0 amide bonds. The SMILES string of the molecule is CCCCCCC(C)C/C(C)=C\C(/C=C(C)/C=C/C(OC(C)=O)C(C)(C)c1cc(OC)c([C@H]2O[C@@H](COC(C)=O)C[C@@H](OC(C)=O)[C@@H]2OC(C)=O)c(=O)o1)COC(C)=O. The van der Waals surface area contributed by atoms with Crippen LogP contribution in [0.4, 0.5) is 0 Å². The zero-order chi connectivity index (χ0) is 44.4. The van der Waals surface area contributed by atoms with Gasteiger partial charge in [-0.25, -0.2) is 4.79 Å². The molecule has 14 nitrogen and oxygen atoms in total. The van der Waals surface area contributed by atoms with Crippen molar-refractivity contribution in [3.8, 4) is 5.75 Å². The molecule has 7 atom stereocenters. The molecule has 0 saturated carbocycles. The predicted octanol–water partition coefficient (Wildman–Crippen LogP) is 7.74. The minimum Gasteiger partial charge on any atom is -0.496 e. The molecule has 0 aliphatic carbocycles. The van der Waals surface area contributed by atoms with Gasteiger partial charge in [-0.1, -0.05) is 75.3 Å². The second kappa shape index (κ2) is 24.4. The van der Waals surface area contributed by atoms with Crippen LogP contribution in [-0.2, 0) is 57.8 Å². The molecule has 2 rings (SSSR count). The fourth-order valence-electron chi connectivity index (χ4n) is 7.10. The zero-order valence-corrected chi connectivity index (χ0v) is 37.0. The minimum absolute atomic E-state index is 0.00596. The van der Waals surface area contributed by atoms with Crippen molar-refractivity contribution in [1.82, 2.24) is 0 Å². The maximum atomic E-state index is 14.0. The van der Waals surface area contributed by atoms with E-state index in [2.05, 4.69) is 26.8 Å². The van der Waals surface area contributed by atoms with Crippen LogP contribution in [0.5, 0.6) is 5.75 Å². The minimum atomic E-state index is -1.37. The van der Waals surface area contributed by atoms with Gasteiger partial charge in [-0.2, -0.15) is 0 Å². The van der Waals surface area contributed by atoms with Gasteiger partial charge in [-0.15, -0.1) is 0 Å². The van der Waals surface area contributed by atoms with E-state index in [0.29, 0.717) is 5.92 Å². The van der Waals surface area contributed by atoms with Crippen molar-refractivity contribution in [3.05, 3.63) is 63.3 Å². The highest BCUT2D eigenvalue weighted by molar-refractivity contribution is 5.68. The van der Waals surface area contributed by atoms with Gasteiger partial charge in [0.1, 0.15) is 48.6 Å². The summed E-state index contributed by atoms with van der Waals surface area (Å²) in [5.74, 6) is -2.55. The second-order valence-corrected chi connectivity index (χ2v) is 16.0. The number of rotatable bonds is 22. The summed E-state index contributed by atoms with van der Waals surface area (Å²) in [6, 6.07) is 1.46. The average molecular weight is 831 g/mol. The van der Waals surface area contributed by atoms with Crippen LogP contribution < -0.4 is 10.4 Å². The van der Waals surface area contributed by atoms with Gasteiger partial charge in [0, 0.05) is 53.0 Å². The molecule has 0 spiro atoms. The Morgan fingerprint density at radius 3 is 2.12 bits per heavy atom. The van der Waals surface area contributed by atoms with Gasteiger partial charge in [-0.3, -0.25) is 24.0 Å². The van der Waals surface area contributed by atoms with Crippen LogP contribution in [-0.4, -0.2) is 74.6 Å². The molecule has 1 aliphatic heterocycles. The summed E-state index contributed by atoms with van der Waals surface area (Å²) in [6.45, 7) is 18.0. The fraction of sp³-hybridized carbons (Fsp3) is 0.644. The van der Waals surface area contributed by atoms with Crippen LogP contribution in [0, 0.1) is 11.8 Å². The van der Waals surface area contributed by atoms with Crippen molar-refractivity contribution in [2.45, 2.75) is 157 Å². The third kappa shape index (κ3) is 17.2. The number of esters is 5. The highest BCUT2D eigenvalue weighted by Crippen LogP contribution is 2.40. The van der Waals surface area contributed by atoms with Crippen molar-refractivity contribution >= 4 is 29.8 Å². The highest BCUT2D eigenvalue weighted by Gasteiger charge is 2.47. The first-order valence-electron chi connectivity index (χ1n) is 20.4. The summed E-state index contributed by atoms with van der Waals surface area (Å²) in [5.41, 5.74) is -0.261. The van der Waals surface area contributed by atoms with Crippen LogP contribution in [0.25, 0.3) is 0 Å². The summed E-state index contributed by atoms with van der Waals surface area (Å²) in [6.07, 6.45) is 8.94. The summed E-state index contributed by atoms with van der Waals surface area (Å²) in [5, 5.41) is 0. The molecule has 0 radical (unpaired) electrons. The van der Waals surface area contributed by atoms with Gasteiger partial charge in [0.15, 0.2) is 6.10 Å². The number of allylic oxidation sites excluding steroid dienone is 3. The van der Waals surface area contributed by atoms with Gasteiger partial charge in [0.25, 0.3) is 0 Å².